The van der Waals surface area contributed by atoms with E-state index in [1.54, 1.807) is 54.6 Å². The zero-order chi connectivity index (χ0) is 21.6. The van der Waals surface area contributed by atoms with E-state index in [9.17, 15) is 18.0 Å². The van der Waals surface area contributed by atoms with Gasteiger partial charge in [-0.3, -0.25) is 9.59 Å². The van der Waals surface area contributed by atoms with Crippen LogP contribution in [0.15, 0.2) is 89.8 Å². The number of carbonyl (C=O) groups excluding carboxylic acids is 2. The molecule has 0 aliphatic carbocycles. The van der Waals surface area contributed by atoms with Gasteiger partial charge in [0.25, 0.3) is 0 Å². The van der Waals surface area contributed by atoms with Crippen molar-refractivity contribution in [3.05, 3.63) is 90.5 Å². The normalized spacial score (nSPS) is 12.0. The van der Waals surface area contributed by atoms with Crippen molar-refractivity contribution in [2.45, 2.75) is 17.9 Å². The van der Waals surface area contributed by atoms with Crippen LogP contribution in [0.1, 0.15) is 18.5 Å². The molecule has 154 valence electrons. The number of amides is 2. The van der Waals surface area contributed by atoms with Crippen molar-refractivity contribution in [3.8, 4) is 0 Å². The van der Waals surface area contributed by atoms with E-state index in [4.69, 9.17) is 0 Å². The lowest BCUT2D eigenvalue weighted by atomic mass is 10.1. The Morgan fingerprint density at radius 3 is 1.83 bits per heavy atom. The zero-order valence-electron chi connectivity index (χ0n) is 16.2. The van der Waals surface area contributed by atoms with Crippen molar-refractivity contribution in [2.75, 3.05) is 10.6 Å². The van der Waals surface area contributed by atoms with E-state index in [0.29, 0.717) is 16.9 Å². The largest absolute Gasteiger partial charge is 0.326 e. The highest BCUT2D eigenvalue weighted by Crippen LogP contribution is 2.21. The smallest absolute Gasteiger partial charge is 0.247 e. The molecular formula is C22H21N3O4S. The molecule has 30 heavy (non-hydrogen) atoms. The summed E-state index contributed by atoms with van der Waals surface area (Å²) in [7, 11) is -4.01. The number of carbonyl (C=O) groups is 2. The molecule has 0 fully saturated rings. The third-order valence-corrected chi connectivity index (χ3v) is 5.63. The summed E-state index contributed by atoms with van der Waals surface area (Å²) in [5.74, 6) is -0.767. The molecule has 0 aliphatic rings. The number of hydrogen-bond acceptors (Lipinski definition) is 4. The Morgan fingerprint density at radius 1 is 0.733 bits per heavy atom. The van der Waals surface area contributed by atoms with Crippen LogP contribution < -0.4 is 15.4 Å². The second-order valence-electron chi connectivity index (χ2n) is 6.53. The summed E-state index contributed by atoms with van der Waals surface area (Å²) < 4.78 is 28.3. The quantitative estimate of drug-likeness (QED) is 0.542. The molecule has 0 unspecified atom stereocenters. The summed E-state index contributed by atoms with van der Waals surface area (Å²) >= 11 is 0. The Hall–Kier alpha value is -3.49. The molecule has 7 nitrogen and oxygen atoms in total. The summed E-state index contributed by atoms with van der Waals surface area (Å²) in [4.78, 5) is 24.0. The van der Waals surface area contributed by atoms with Gasteiger partial charge in [0.05, 0.1) is 4.90 Å². The van der Waals surface area contributed by atoms with Crippen LogP contribution in [0, 0.1) is 0 Å². The number of rotatable bonds is 7. The van der Waals surface area contributed by atoms with E-state index in [1.807, 2.05) is 6.07 Å². The summed E-state index contributed by atoms with van der Waals surface area (Å²) in [5, 5.41) is 5.31. The lowest BCUT2D eigenvalue weighted by Gasteiger charge is -2.19. The van der Waals surface area contributed by atoms with E-state index in [1.165, 1.54) is 31.2 Å². The first-order valence-electron chi connectivity index (χ1n) is 9.16. The topological polar surface area (TPSA) is 104 Å². The van der Waals surface area contributed by atoms with Gasteiger partial charge in [-0.25, -0.2) is 8.42 Å². The van der Waals surface area contributed by atoms with Crippen molar-refractivity contribution < 1.29 is 18.0 Å². The predicted octanol–water partition coefficient (Wildman–Crippen LogP) is 3.30. The minimum Gasteiger partial charge on any atom is -0.326 e. The maximum absolute atomic E-state index is 12.9. The second-order valence-corrected chi connectivity index (χ2v) is 8.24. The predicted molar refractivity (Wildman–Crippen MR) is 115 cm³/mol. The maximum atomic E-state index is 12.9. The first kappa shape index (κ1) is 21.2. The Balaban J connectivity index is 1.86. The van der Waals surface area contributed by atoms with Gasteiger partial charge in [-0.05, 0) is 42.0 Å². The molecular weight excluding hydrogens is 402 g/mol. The zero-order valence-corrected chi connectivity index (χ0v) is 17.0. The highest BCUT2D eigenvalue weighted by molar-refractivity contribution is 7.89. The summed E-state index contributed by atoms with van der Waals surface area (Å²) in [6.07, 6.45) is 0. The van der Waals surface area contributed by atoms with Crippen LogP contribution in [0.25, 0.3) is 0 Å². The number of nitrogens with one attached hydrogen (secondary N) is 3. The molecule has 0 bridgehead atoms. The lowest BCUT2D eigenvalue weighted by molar-refractivity contribution is -0.118. The summed E-state index contributed by atoms with van der Waals surface area (Å²) in [5.41, 5.74) is 1.54. The molecule has 0 saturated heterocycles. The van der Waals surface area contributed by atoms with Gasteiger partial charge >= 0.3 is 0 Å². The van der Waals surface area contributed by atoms with Crippen LogP contribution in [-0.4, -0.2) is 20.2 Å². The van der Waals surface area contributed by atoms with Crippen LogP contribution in [0.4, 0.5) is 11.4 Å². The van der Waals surface area contributed by atoms with E-state index in [-0.39, 0.29) is 10.8 Å². The monoisotopic (exact) mass is 423 g/mol. The molecule has 3 aromatic carbocycles. The van der Waals surface area contributed by atoms with Gasteiger partial charge in [0, 0.05) is 18.3 Å². The average molecular weight is 423 g/mol. The highest BCUT2D eigenvalue weighted by Gasteiger charge is 2.27. The molecule has 0 aromatic heterocycles. The number of hydrogen-bond donors (Lipinski definition) is 3. The number of para-hydroxylation sites is 1. The molecule has 8 heteroatoms. The standard InChI is InChI=1S/C22H21N3O4S/c1-16(26)23-19-12-14-20(15-13-19)30(28,29)25-21(17-8-4-2-5-9-17)22(27)24-18-10-6-3-7-11-18/h2-15,21,25H,1H3,(H,23,26)(H,24,27)/t21-/m0/s1. The van der Waals surface area contributed by atoms with Gasteiger partial charge < -0.3 is 10.6 Å². The maximum Gasteiger partial charge on any atom is 0.247 e. The fourth-order valence-corrected chi connectivity index (χ4v) is 3.98. The van der Waals surface area contributed by atoms with Gasteiger partial charge in [0.1, 0.15) is 6.04 Å². The van der Waals surface area contributed by atoms with Gasteiger partial charge in [-0.2, -0.15) is 4.72 Å². The van der Waals surface area contributed by atoms with Gasteiger partial charge in [0.2, 0.25) is 21.8 Å². The highest BCUT2D eigenvalue weighted by atomic mass is 32.2. The molecule has 2 amide bonds. The van der Waals surface area contributed by atoms with Crippen molar-refractivity contribution in [2.24, 2.45) is 0 Å². The molecule has 3 aromatic rings. The third-order valence-electron chi connectivity index (χ3n) is 4.19. The van der Waals surface area contributed by atoms with Crippen LogP contribution >= 0.6 is 0 Å². The van der Waals surface area contributed by atoms with Crippen molar-refractivity contribution in [1.82, 2.24) is 4.72 Å². The van der Waals surface area contributed by atoms with E-state index >= 15 is 0 Å². The van der Waals surface area contributed by atoms with Gasteiger partial charge in [0.15, 0.2) is 0 Å². The lowest BCUT2D eigenvalue weighted by Crippen LogP contribution is -2.37. The van der Waals surface area contributed by atoms with Gasteiger partial charge in [-0.1, -0.05) is 48.5 Å². The first-order chi connectivity index (χ1) is 14.3. The fourth-order valence-electron chi connectivity index (χ4n) is 2.80. The molecule has 0 aliphatic heterocycles. The Labute approximate surface area is 175 Å². The summed E-state index contributed by atoms with van der Waals surface area (Å²) in [6, 6.07) is 22.0. The molecule has 0 saturated carbocycles. The minimum atomic E-state index is -4.01. The second kappa shape index (κ2) is 9.34. The SMILES string of the molecule is CC(=O)Nc1ccc(S(=O)(=O)N[C@H](C(=O)Nc2ccccc2)c2ccccc2)cc1. The van der Waals surface area contributed by atoms with E-state index in [0.717, 1.165) is 0 Å². The van der Waals surface area contributed by atoms with E-state index < -0.39 is 22.0 Å². The third kappa shape index (κ3) is 5.53. The Morgan fingerprint density at radius 2 is 1.27 bits per heavy atom. The van der Waals surface area contributed by atoms with E-state index in [2.05, 4.69) is 15.4 Å². The van der Waals surface area contributed by atoms with Crippen LogP contribution in [0.5, 0.6) is 0 Å². The fraction of sp³-hybridized carbons (Fsp3) is 0.0909. The van der Waals surface area contributed by atoms with Gasteiger partial charge in [-0.15, -0.1) is 0 Å². The minimum absolute atomic E-state index is 0.0231. The first-order valence-corrected chi connectivity index (χ1v) is 10.6. The molecule has 3 N–H and O–H groups in total. The van der Waals surface area contributed by atoms with Crippen LogP contribution in [0.3, 0.4) is 0 Å². The molecule has 0 spiro atoms. The van der Waals surface area contributed by atoms with Crippen molar-refractivity contribution >= 4 is 33.2 Å². The molecule has 0 heterocycles. The van der Waals surface area contributed by atoms with Crippen molar-refractivity contribution in [3.63, 3.8) is 0 Å². The van der Waals surface area contributed by atoms with Crippen LogP contribution in [0.2, 0.25) is 0 Å². The summed E-state index contributed by atoms with van der Waals surface area (Å²) in [6.45, 7) is 1.36. The number of benzene rings is 3. The Bertz CT molecular complexity index is 1120. The average Bonchev–Trinajstić information content (AvgIpc) is 2.73. The molecule has 0 radical (unpaired) electrons. The van der Waals surface area contributed by atoms with Crippen LogP contribution in [-0.2, 0) is 19.6 Å². The molecule has 3 rings (SSSR count). The molecule has 1 atom stereocenters. The Kier molecular flexibility index (Phi) is 6.61. The van der Waals surface area contributed by atoms with Crippen molar-refractivity contribution in [1.29, 1.82) is 0 Å². The number of anilines is 2. The number of sulfonamides is 1.